The topological polar surface area (TPSA) is 96.8 Å². The summed E-state index contributed by atoms with van der Waals surface area (Å²) in [6.45, 7) is 14.5. The van der Waals surface area contributed by atoms with E-state index in [2.05, 4.69) is 58.3 Å². The predicted octanol–water partition coefficient (Wildman–Crippen LogP) is 3.91. The molecule has 1 aliphatic carbocycles. The van der Waals surface area contributed by atoms with Gasteiger partial charge in [0.05, 0.1) is 12.2 Å². The fraction of sp³-hybridized carbons (Fsp3) is 0.625. The van der Waals surface area contributed by atoms with E-state index in [-0.39, 0.29) is 30.8 Å². The standard InChI is InChI=1S/C24H39N5O4/c1-8-26-21(32-16-14-27-22(30)33-23(2,3)4)28-17-18-19(12-13-24(18,5)6)29(25-7)20-11-9-10-15-31-20/h8,12-13,17,20,25H,1,9-11,14-16H2,2-7H3,(H,27,30). The van der Waals surface area contributed by atoms with Gasteiger partial charge in [-0.2, -0.15) is 0 Å². The number of carbonyl (C=O) groups is 1. The molecule has 0 bridgehead atoms. The second kappa shape index (κ2) is 12.0. The minimum atomic E-state index is -0.553. The summed E-state index contributed by atoms with van der Waals surface area (Å²) >= 11 is 0. The van der Waals surface area contributed by atoms with E-state index in [9.17, 15) is 4.79 Å². The van der Waals surface area contributed by atoms with Gasteiger partial charge in [0.2, 0.25) is 0 Å². The summed E-state index contributed by atoms with van der Waals surface area (Å²) in [5.41, 5.74) is 4.51. The van der Waals surface area contributed by atoms with Gasteiger partial charge in [-0.3, -0.25) is 5.01 Å². The molecule has 0 spiro atoms. The quantitative estimate of drug-likeness (QED) is 0.246. The van der Waals surface area contributed by atoms with E-state index >= 15 is 0 Å². The second-order valence-corrected chi connectivity index (χ2v) is 9.40. The molecule has 33 heavy (non-hydrogen) atoms. The number of carbonyl (C=O) groups excluding carboxylic acids is 1. The fourth-order valence-electron chi connectivity index (χ4n) is 3.50. The number of amides is 1. The smallest absolute Gasteiger partial charge is 0.407 e. The summed E-state index contributed by atoms with van der Waals surface area (Å²) in [4.78, 5) is 20.3. The first-order valence-electron chi connectivity index (χ1n) is 11.4. The van der Waals surface area contributed by atoms with Crippen LogP contribution < -0.4 is 10.7 Å². The van der Waals surface area contributed by atoms with Gasteiger partial charge in [0.25, 0.3) is 0 Å². The number of amidine groups is 1. The third kappa shape index (κ3) is 8.33. The Morgan fingerprint density at radius 3 is 2.76 bits per heavy atom. The number of nitrogens with zero attached hydrogens (tertiary/aromatic N) is 3. The molecular weight excluding hydrogens is 422 g/mol. The minimum Gasteiger partial charge on any atom is -0.462 e. The zero-order chi connectivity index (χ0) is 24.5. The van der Waals surface area contributed by atoms with Crippen LogP contribution in [0.15, 0.2) is 46.2 Å². The normalized spacial score (nSPS) is 20.8. The maximum Gasteiger partial charge on any atom is 0.407 e. The summed E-state index contributed by atoms with van der Waals surface area (Å²) < 4.78 is 16.8. The number of rotatable bonds is 8. The Kier molecular flexibility index (Phi) is 9.67. The van der Waals surface area contributed by atoms with Crippen LogP contribution in [0.2, 0.25) is 0 Å². The molecular formula is C24H39N5O4. The van der Waals surface area contributed by atoms with Gasteiger partial charge in [0, 0.05) is 37.1 Å². The monoisotopic (exact) mass is 461 g/mol. The number of ether oxygens (including phenoxy) is 3. The summed E-state index contributed by atoms with van der Waals surface area (Å²) in [7, 11) is 1.89. The first-order valence-corrected chi connectivity index (χ1v) is 11.4. The molecule has 2 aliphatic rings. The van der Waals surface area contributed by atoms with Crippen molar-refractivity contribution in [3.8, 4) is 0 Å². The third-order valence-electron chi connectivity index (χ3n) is 5.08. The van der Waals surface area contributed by atoms with Gasteiger partial charge in [-0.25, -0.2) is 20.2 Å². The van der Waals surface area contributed by atoms with E-state index in [1.807, 2.05) is 27.8 Å². The number of nitrogens with one attached hydrogen (secondary N) is 2. The van der Waals surface area contributed by atoms with E-state index in [1.165, 1.54) is 6.20 Å². The zero-order valence-corrected chi connectivity index (χ0v) is 20.8. The highest BCUT2D eigenvalue weighted by Crippen LogP contribution is 2.37. The van der Waals surface area contributed by atoms with E-state index < -0.39 is 11.7 Å². The summed E-state index contributed by atoms with van der Waals surface area (Å²) in [5, 5.41) is 4.70. The lowest BCUT2D eigenvalue weighted by atomic mass is 9.87. The van der Waals surface area contributed by atoms with Gasteiger partial charge in [-0.1, -0.05) is 26.5 Å². The molecule has 1 heterocycles. The molecule has 2 rings (SSSR count). The lowest BCUT2D eigenvalue weighted by molar-refractivity contribution is -0.0863. The molecule has 0 aromatic carbocycles. The van der Waals surface area contributed by atoms with Crippen molar-refractivity contribution in [2.75, 3.05) is 26.8 Å². The molecule has 1 fully saturated rings. The first kappa shape index (κ1) is 26.6. The van der Waals surface area contributed by atoms with Crippen LogP contribution in [0.25, 0.3) is 0 Å². The van der Waals surface area contributed by atoms with E-state index in [4.69, 9.17) is 14.2 Å². The van der Waals surface area contributed by atoms with Crippen molar-refractivity contribution in [2.45, 2.75) is 65.7 Å². The Labute approximate surface area is 197 Å². The van der Waals surface area contributed by atoms with Crippen LogP contribution in [0.1, 0.15) is 53.9 Å². The number of allylic oxidation sites excluding steroid dienone is 3. The molecule has 184 valence electrons. The minimum absolute atomic E-state index is 0.0304. The van der Waals surface area contributed by atoms with Crippen LogP contribution in [0.4, 0.5) is 4.79 Å². The number of alkyl carbamates (subject to hydrolysis) is 1. The zero-order valence-electron chi connectivity index (χ0n) is 20.8. The van der Waals surface area contributed by atoms with Gasteiger partial charge in [0.1, 0.15) is 18.4 Å². The van der Waals surface area contributed by atoms with Crippen LogP contribution in [-0.2, 0) is 14.2 Å². The summed E-state index contributed by atoms with van der Waals surface area (Å²) in [5.74, 6) is 0. The van der Waals surface area contributed by atoms with Crippen molar-refractivity contribution in [3.05, 3.63) is 36.2 Å². The summed E-state index contributed by atoms with van der Waals surface area (Å²) in [6, 6.07) is 0.162. The first-order chi connectivity index (χ1) is 15.6. The Hall–Kier alpha value is -2.65. The maximum atomic E-state index is 11.8. The Balaban J connectivity index is 2.07. The van der Waals surface area contributed by atoms with E-state index in [0.29, 0.717) is 0 Å². The molecule has 0 aromatic heterocycles. The maximum absolute atomic E-state index is 11.8. The third-order valence-corrected chi connectivity index (χ3v) is 5.08. The van der Waals surface area contributed by atoms with E-state index in [1.54, 1.807) is 6.21 Å². The van der Waals surface area contributed by atoms with Crippen molar-refractivity contribution in [1.82, 2.24) is 15.8 Å². The van der Waals surface area contributed by atoms with Crippen LogP contribution in [0, 0.1) is 5.41 Å². The number of hydrogen-bond acceptors (Lipinski definition) is 7. The summed E-state index contributed by atoms with van der Waals surface area (Å²) in [6.07, 6.45) is 10.0. The molecule has 1 saturated heterocycles. The average Bonchev–Trinajstić information content (AvgIpc) is 3.03. The van der Waals surface area contributed by atoms with Crippen LogP contribution in [0.5, 0.6) is 0 Å². The van der Waals surface area contributed by atoms with Crippen molar-refractivity contribution < 1.29 is 19.0 Å². The van der Waals surface area contributed by atoms with Crippen LogP contribution >= 0.6 is 0 Å². The van der Waals surface area contributed by atoms with Gasteiger partial charge in [-0.05, 0) is 46.1 Å². The van der Waals surface area contributed by atoms with Crippen molar-refractivity contribution >= 4 is 18.3 Å². The molecule has 9 heteroatoms. The largest absolute Gasteiger partial charge is 0.462 e. The molecule has 0 aromatic rings. The highest BCUT2D eigenvalue weighted by molar-refractivity contribution is 5.93. The van der Waals surface area contributed by atoms with Crippen LogP contribution in [0.3, 0.4) is 0 Å². The predicted molar refractivity (Wildman–Crippen MR) is 131 cm³/mol. The SMILES string of the molecule is C=CN=C(N=CC1=C(N(NC)C2CCCCO2)C=CC1(C)C)OCCNC(=O)OC(C)(C)C. The second-order valence-electron chi connectivity index (χ2n) is 9.40. The lowest BCUT2D eigenvalue weighted by Crippen LogP contribution is -2.46. The highest BCUT2D eigenvalue weighted by Gasteiger charge is 2.32. The van der Waals surface area contributed by atoms with Crippen molar-refractivity contribution in [1.29, 1.82) is 0 Å². The fourth-order valence-corrected chi connectivity index (χ4v) is 3.50. The van der Waals surface area contributed by atoms with Gasteiger partial charge >= 0.3 is 12.1 Å². The molecule has 1 amide bonds. The van der Waals surface area contributed by atoms with Gasteiger partial charge in [-0.15, -0.1) is 0 Å². The number of hydrogen-bond donors (Lipinski definition) is 2. The molecule has 0 radical (unpaired) electrons. The van der Waals surface area contributed by atoms with E-state index in [0.717, 1.165) is 37.1 Å². The lowest BCUT2D eigenvalue weighted by Gasteiger charge is -2.36. The number of aliphatic imine (C=N–C) groups is 2. The van der Waals surface area contributed by atoms with Gasteiger partial charge < -0.3 is 19.5 Å². The Morgan fingerprint density at radius 2 is 2.15 bits per heavy atom. The van der Waals surface area contributed by atoms with Gasteiger partial charge in [0.15, 0.2) is 0 Å². The Bertz CT molecular complexity index is 802. The molecule has 9 nitrogen and oxygen atoms in total. The molecule has 0 saturated carbocycles. The molecule has 1 unspecified atom stereocenters. The number of hydrazine groups is 1. The van der Waals surface area contributed by atoms with Crippen molar-refractivity contribution in [3.63, 3.8) is 0 Å². The van der Waals surface area contributed by atoms with Crippen LogP contribution in [-0.4, -0.2) is 62.0 Å². The molecule has 1 aliphatic heterocycles. The molecule has 2 N–H and O–H groups in total. The highest BCUT2D eigenvalue weighted by atomic mass is 16.6. The van der Waals surface area contributed by atoms with Crippen molar-refractivity contribution in [2.24, 2.45) is 15.4 Å². The molecule has 1 atom stereocenters. The Morgan fingerprint density at radius 1 is 1.39 bits per heavy atom. The average molecular weight is 462 g/mol.